The molecule has 0 spiro atoms. The van der Waals surface area contributed by atoms with Crippen LogP contribution >= 0.6 is 0 Å². The molecular formula is C19H29N3O5. The fraction of sp³-hybridized carbons (Fsp3) is 0.526. The SMILES string of the molecule is CC(=O)Nc1c(C)c(C(=O)NCC(C)O)c(C)c(C(=O)NCC(C)O)c1C. The second kappa shape index (κ2) is 9.48. The molecule has 1 aromatic rings. The Morgan fingerprint density at radius 3 is 1.48 bits per heavy atom. The van der Waals surface area contributed by atoms with Gasteiger partial charge in [-0.3, -0.25) is 14.4 Å². The number of carbonyl (C=O) groups is 3. The Hall–Kier alpha value is -2.45. The molecule has 0 heterocycles. The van der Waals surface area contributed by atoms with Crippen LogP contribution in [0.25, 0.3) is 0 Å². The fourth-order valence-electron chi connectivity index (χ4n) is 2.92. The molecule has 0 aromatic heterocycles. The van der Waals surface area contributed by atoms with E-state index in [2.05, 4.69) is 16.0 Å². The maximum absolute atomic E-state index is 12.7. The lowest BCUT2D eigenvalue weighted by atomic mass is 9.90. The summed E-state index contributed by atoms with van der Waals surface area (Å²) in [6.45, 7) is 9.61. The Labute approximate surface area is 159 Å². The van der Waals surface area contributed by atoms with Crippen molar-refractivity contribution in [3.8, 4) is 0 Å². The largest absolute Gasteiger partial charge is 0.392 e. The molecule has 0 aliphatic carbocycles. The summed E-state index contributed by atoms with van der Waals surface area (Å²) >= 11 is 0. The molecule has 1 rings (SSSR count). The maximum atomic E-state index is 12.7. The van der Waals surface area contributed by atoms with Crippen LogP contribution in [-0.4, -0.2) is 53.2 Å². The summed E-state index contributed by atoms with van der Waals surface area (Å²) < 4.78 is 0. The van der Waals surface area contributed by atoms with Crippen LogP contribution in [0.4, 0.5) is 5.69 Å². The maximum Gasteiger partial charge on any atom is 0.252 e. The summed E-state index contributed by atoms with van der Waals surface area (Å²) in [5, 5.41) is 26.8. The number of hydrogen-bond donors (Lipinski definition) is 5. The quantitative estimate of drug-likeness (QED) is 0.479. The smallest absolute Gasteiger partial charge is 0.252 e. The third-order valence-corrected chi connectivity index (χ3v) is 4.12. The number of anilines is 1. The van der Waals surface area contributed by atoms with Crippen molar-refractivity contribution in [3.05, 3.63) is 27.8 Å². The van der Waals surface area contributed by atoms with Crippen molar-refractivity contribution in [3.63, 3.8) is 0 Å². The lowest BCUT2D eigenvalue weighted by molar-refractivity contribution is -0.114. The van der Waals surface area contributed by atoms with Crippen LogP contribution in [0, 0.1) is 20.8 Å². The minimum absolute atomic E-state index is 0.0601. The third kappa shape index (κ3) is 5.77. The average Bonchev–Trinajstić information content (AvgIpc) is 2.54. The van der Waals surface area contributed by atoms with Crippen LogP contribution in [0.15, 0.2) is 0 Å². The Morgan fingerprint density at radius 2 is 1.19 bits per heavy atom. The van der Waals surface area contributed by atoms with E-state index in [1.165, 1.54) is 6.92 Å². The van der Waals surface area contributed by atoms with Crippen LogP contribution in [0.1, 0.15) is 58.2 Å². The van der Waals surface area contributed by atoms with Crippen molar-refractivity contribution >= 4 is 23.4 Å². The normalized spacial score (nSPS) is 12.9. The summed E-state index contributed by atoms with van der Waals surface area (Å²) in [6, 6.07) is 0. The zero-order valence-electron chi connectivity index (χ0n) is 16.7. The van der Waals surface area contributed by atoms with Gasteiger partial charge in [-0.25, -0.2) is 0 Å². The molecule has 5 N–H and O–H groups in total. The number of rotatable bonds is 7. The number of carbonyl (C=O) groups excluding carboxylic acids is 3. The molecule has 2 atom stereocenters. The van der Waals surface area contributed by atoms with Crippen LogP contribution in [-0.2, 0) is 4.79 Å². The third-order valence-electron chi connectivity index (χ3n) is 4.12. The number of hydrogen-bond acceptors (Lipinski definition) is 5. The molecule has 8 heteroatoms. The van der Waals surface area contributed by atoms with E-state index in [1.807, 2.05) is 0 Å². The van der Waals surface area contributed by atoms with Gasteiger partial charge in [0.2, 0.25) is 5.91 Å². The summed E-state index contributed by atoms with van der Waals surface area (Å²) in [5.74, 6) is -1.21. The van der Waals surface area contributed by atoms with Crippen LogP contribution in [0.5, 0.6) is 0 Å². The first-order valence-corrected chi connectivity index (χ1v) is 8.81. The second-order valence-electron chi connectivity index (χ2n) is 6.80. The summed E-state index contributed by atoms with van der Waals surface area (Å²) in [6.07, 6.45) is -1.44. The molecule has 150 valence electrons. The van der Waals surface area contributed by atoms with Gasteiger partial charge in [0, 0.05) is 36.8 Å². The topological polar surface area (TPSA) is 128 Å². The number of benzene rings is 1. The lowest BCUT2D eigenvalue weighted by Crippen LogP contribution is -2.34. The molecule has 0 aliphatic heterocycles. The van der Waals surface area contributed by atoms with Gasteiger partial charge in [0.05, 0.1) is 12.2 Å². The molecular weight excluding hydrogens is 350 g/mol. The van der Waals surface area contributed by atoms with E-state index in [-0.39, 0.29) is 30.1 Å². The van der Waals surface area contributed by atoms with Crippen molar-refractivity contribution in [2.75, 3.05) is 18.4 Å². The van der Waals surface area contributed by atoms with E-state index in [1.54, 1.807) is 34.6 Å². The van der Waals surface area contributed by atoms with Gasteiger partial charge in [-0.05, 0) is 51.3 Å². The van der Waals surface area contributed by atoms with Gasteiger partial charge in [0.1, 0.15) is 0 Å². The van der Waals surface area contributed by atoms with Gasteiger partial charge in [0.25, 0.3) is 11.8 Å². The molecule has 27 heavy (non-hydrogen) atoms. The highest BCUT2D eigenvalue weighted by molar-refractivity contribution is 6.07. The predicted octanol–water partition coefficient (Wildman–Crippen LogP) is 0.791. The molecule has 3 amide bonds. The zero-order chi connectivity index (χ0) is 20.9. The Bertz CT molecular complexity index is 690. The molecule has 0 radical (unpaired) electrons. The summed E-state index contributed by atoms with van der Waals surface area (Å²) in [5.41, 5.74) is 2.48. The first kappa shape index (κ1) is 22.6. The molecule has 0 aliphatic rings. The van der Waals surface area contributed by atoms with Gasteiger partial charge in [-0.1, -0.05) is 0 Å². The molecule has 0 bridgehead atoms. The van der Waals surface area contributed by atoms with Gasteiger partial charge in [0.15, 0.2) is 0 Å². The Morgan fingerprint density at radius 1 is 0.815 bits per heavy atom. The first-order valence-electron chi connectivity index (χ1n) is 8.81. The standard InChI is InChI=1S/C19H29N3O5/c1-9(23)7-20-18(26)15-11(3)16(19(27)21-8-10(2)24)13(5)17(12(15)4)22-14(6)25/h9-10,23-24H,7-8H2,1-6H3,(H,20,26)(H,21,27)(H,22,25). The molecule has 8 nitrogen and oxygen atoms in total. The van der Waals surface area contributed by atoms with Gasteiger partial charge in [-0.2, -0.15) is 0 Å². The highest BCUT2D eigenvalue weighted by Crippen LogP contribution is 2.31. The number of nitrogens with one attached hydrogen (secondary N) is 3. The van der Waals surface area contributed by atoms with Gasteiger partial charge in [-0.15, -0.1) is 0 Å². The first-order chi connectivity index (χ1) is 12.5. The van der Waals surface area contributed by atoms with Crippen molar-refractivity contribution in [1.29, 1.82) is 0 Å². The molecule has 2 unspecified atom stereocenters. The number of aliphatic hydroxyl groups excluding tert-OH is 2. The summed E-state index contributed by atoms with van der Waals surface area (Å²) in [4.78, 5) is 37.0. The highest BCUT2D eigenvalue weighted by Gasteiger charge is 2.25. The molecule has 1 aromatic carbocycles. The van der Waals surface area contributed by atoms with E-state index < -0.39 is 24.0 Å². The molecule has 0 saturated heterocycles. The number of aliphatic hydroxyl groups is 2. The number of amides is 3. The lowest BCUT2D eigenvalue weighted by Gasteiger charge is -2.22. The summed E-state index contributed by atoms with van der Waals surface area (Å²) in [7, 11) is 0. The van der Waals surface area contributed by atoms with E-state index in [0.717, 1.165) is 0 Å². The minimum Gasteiger partial charge on any atom is -0.392 e. The van der Waals surface area contributed by atoms with Crippen LogP contribution in [0.3, 0.4) is 0 Å². The van der Waals surface area contributed by atoms with E-state index in [0.29, 0.717) is 22.4 Å². The van der Waals surface area contributed by atoms with E-state index >= 15 is 0 Å². The van der Waals surface area contributed by atoms with Crippen molar-refractivity contribution < 1.29 is 24.6 Å². The monoisotopic (exact) mass is 379 g/mol. The predicted molar refractivity (Wildman–Crippen MR) is 103 cm³/mol. The fourth-order valence-corrected chi connectivity index (χ4v) is 2.92. The van der Waals surface area contributed by atoms with Crippen LogP contribution in [0.2, 0.25) is 0 Å². The zero-order valence-corrected chi connectivity index (χ0v) is 16.7. The van der Waals surface area contributed by atoms with Crippen molar-refractivity contribution in [2.45, 2.75) is 53.8 Å². The average molecular weight is 379 g/mol. The molecule has 0 saturated carbocycles. The highest BCUT2D eigenvalue weighted by atomic mass is 16.3. The minimum atomic E-state index is -0.719. The van der Waals surface area contributed by atoms with Gasteiger partial charge < -0.3 is 26.2 Å². The Kier molecular flexibility index (Phi) is 7.93. The van der Waals surface area contributed by atoms with Crippen molar-refractivity contribution in [2.24, 2.45) is 0 Å². The molecule has 0 fully saturated rings. The van der Waals surface area contributed by atoms with Crippen LogP contribution < -0.4 is 16.0 Å². The van der Waals surface area contributed by atoms with Gasteiger partial charge >= 0.3 is 0 Å². The van der Waals surface area contributed by atoms with E-state index in [4.69, 9.17) is 0 Å². The Balaban J connectivity index is 3.52. The van der Waals surface area contributed by atoms with E-state index in [9.17, 15) is 24.6 Å². The van der Waals surface area contributed by atoms with Crippen molar-refractivity contribution in [1.82, 2.24) is 10.6 Å². The second-order valence-corrected chi connectivity index (χ2v) is 6.80.